The molecule has 3 atom stereocenters. The fourth-order valence-corrected chi connectivity index (χ4v) is 12.1. The van der Waals surface area contributed by atoms with Crippen LogP contribution in [0.4, 0.5) is 28.8 Å². The number of unbranched alkanes of at least 4 members (excludes halogenated alkanes) is 6. The van der Waals surface area contributed by atoms with Gasteiger partial charge in [-0.25, -0.2) is 23.1 Å². The van der Waals surface area contributed by atoms with Crippen LogP contribution >= 0.6 is 11.3 Å². The third-order valence-electron chi connectivity index (χ3n) is 14.2. The number of thiazole rings is 1. The standard InChI is InChI=1S/C59H82N12O7S2/c1-40-35-62-57(67-54(40)64-45-17-16-18-48(33-45)80(77,78)68-59(6,7)8)65-44-24-26-46(27-25-44)70-31-29-69(30-32-70)38-51(74)60-28-15-13-11-9-10-12-14-19-50(73)66-53(58(3,4)5)56(76)71-37-47(72)34-49(71)55(75)61-36-42-20-22-43(23-21-42)52-41(2)63-39-79-52/h16-18,20-27,33,35,39,47,49,53,68,72H,9-15,19,28-32,34,36-38H2,1-8H3,(H,60,74)(H,61,75)(H,66,73)(H2,62,64,65,67)/t47-,49+,53?/m1/s1. The van der Waals surface area contributed by atoms with Crippen molar-refractivity contribution in [2.24, 2.45) is 5.41 Å². The number of carbonyl (C=O) groups excluding carboxylic acids is 4. The van der Waals surface area contributed by atoms with Crippen molar-refractivity contribution in [3.05, 3.63) is 101 Å². The Morgan fingerprint density at radius 2 is 1.48 bits per heavy atom. The van der Waals surface area contributed by atoms with E-state index in [9.17, 15) is 32.7 Å². The van der Waals surface area contributed by atoms with Crippen LogP contribution in [0.15, 0.2) is 89.4 Å². The minimum Gasteiger partial charge on any atom is -0.391 e. The molecule has 2 aliphatic rings. The first-order valence-corrected chi connectivity index (χ1v) is 30.3. The van der Waals surface area contributed by atoms with E-state index < -0.39 is 39.2 Å². The van der Waals surface area contributed by atoms with Crippen molar-refractivity contribution in [3.8, 4) is 10.4 Å². The van der Waals surface area contributed by atoms with Crippen molar-refractivity contribution in [2.45, 2.75) is 148 Å². The van der Waals surface area contributed by atoms with Gasteiger partial charge in [-0.1, -0.05) is 83.2 Å². The minimum absolute atomic E-state index is 0.0246. The van der Waals surface area contributed by atoms with Gasteiger partial charge in [0.25, 0.3) is 0 Å². The normalized spacial score (nSPS) is 16.5. The van der Waals surface area contributed by atoms with Crippen LogP contribution in [0.5, 0.6) is 0 Å². The van der Waals surface area contributed by atoms with Gasteiger partial charge < -0.3 is 41.5 Å². The average molecular weight is 1140 g/mol. The van der Waals surface area contributed by atoms with E-state index in [2.05, 4.69) is 68.2 Å². The van der Waals surface area contributed by atoms with E-state index in [1.165, 1.54) is 4.90 Å². The second-order valence-corrected chi connectivity index (χ2v) is 25.7. The van der Waals surface area contributed by atoms with E-state index in [0.29, 0.717) is 43.4 Å². The number of rotatable bonds is 25. The van der Waals surface area contributed by atoms with Crippen molar-refractivity contribution < 1.29 is 32.7 Å². The van der Waals surface area contributed by atoms with Crippen LogP contribution in [-0.4, -0.2) is 131 Å². The number of aryl methyl sites for hydroxylation is 2. The van der Waals surface area contributed by atoms with Gasteiger partial charge in [-0.3, -0.25) is 24.1 Å². The van der Waals surface area contributed by atoms with Crippen LogP contribution in [0.3, 0.4) is 0 Å². The summed E-state index contributed by atoms with van der Waals surface area (Å²) in [6.45, 7) is 19.4. The van der Waals surface area contributed by atoms with E-state index in [0.717, 1.165) is 103 Å². The Bertz CT molecular complexity index is 2990. The van der Waals surface area contributed by atoms with Gasteiger partial charge >= 0.3 is 0 Å². The lowest BCUT2D eigenvalue weighted by atomic mass is 9.85. The molecule has 0 radical (unpaired) electrons. The molecule has 432 valence electrons. The van der Waals surface area contributed by atoms with Crippen molar-refractivity contribution in [2.75, 3.05) is 61.3 Å². The number of carbonyl (C=O) groups is 4. The molecular weight excluding hydrogens is 1050 g/mol. The number of sulfonamides is 1. The minimum atomic E-state index is -3.71. The number of aromatic nitrogens is 3. The summed E-state index contributed by atoms with van der Waals surface area (Å²) in [5.41, 5.74) is 6.80. The number of likely N-dealkylation sites (tertiary alicyclic amines) is 1. The molecule has 7 rings (SSSR count). The Morgan fingerprint density at radius 1 is 0.787 bits per heavy atom. The molecule has 5 aromatic rings. The number of piperazine rings is 1. The van der Waals surface area contributed by atoms with Gasteiger partial charge in [0.05, 0.1) is 33.6 Å². The summed E-state index contributed by atoms with van der Waals surface area (Å²) < 4.78 is 28.6. The topological polar surface area (TPSA) is 243 Å². The fraction of sp³-hybridized carbons (Fsp3) is 0.508. The van der Waals surface area contributed by atoms with Crippen LogP contribution in [0, 0.1) is 19.3 Å². The van der Waals surface area contributed by atoms with Crippen molar-refractivity contribution in [1.29, 1.82) is 0 Å². The summed E-state index contributed by atoms with van der Waals surface area (Å²) in [4.78, 5) is 74.2. The van der Waals surface area contributed by atoms with Crippen molar-refractivity contribution in [1.82, 2.24) is 45.4 Å². The maximum absolute atomic E-state index is 14.0. The van der Waals surface area contributed by atoms with E-state index in [4.69, 9.17) is 0 Å². The number of nitrogens with zero attached hydrogens (tertiary/aromatic N) is 6. The third-order valence-corrected chi connectivity index (χ3v) is 16.9. The van der Waals surface area contributed by atoms with Crippen molar-refractivity contribution >= 4 is 73.8 Å². The Balaban J connectivity index is 0.733. The molecule has 21 heteroatoms. The molecule has 2 fully saturated rings. The van der Waals surface area contributed by atoms with Gasteiger partial charge in [0.15, 0.2) is 0 Å². The Labute approximate surface area is 476 Å². The molecule has 1 unspecified atom stereocenters. The highest BCUT2D eigenvalue weighted by atomic mass is 32.2. The highest BCUT2D eigenvalue weighted by molar-refractivity contribution is 7.89. The average Bonchev–Trinajstić information content (AvgIpc) is 4.03. The lowest BCUT2D eigenvalue weighted by molar-refractivity contribution is -0.144. The van der Waals surface area contributed by atoms with Gasteiger partial charge in [-0.15, -0.1) is 11.3 Å². The smallest absolute Gasteiger partial charge is 0.246 e. The molecule has 7 N–H and O–H groups in total. The van der Waals surface area contributed by atoms with Crippen LogP contribution < -0.4 is 36.2 Å². The molecule has 2 aliphatic heterocycles. The molecule has 4 amide bonds. The number of hydrogen-bond acceptors (Lipinski definition) is 15. The largest absolute Gasteiger partial charge is 0.391 e. The number of aliphatic hydroxyl groups excluding tert-OH is 1. The Kier molecular flexibility index (Phi) is 21.2. The Hall–Kier alpha value is -6.52. The van der Waals surface area contributed by atoms with E-state index in [1.54, 1.807) is 62.6 Å². The summed E-state index contributed by atoms with van der Waals surface area (Å²) in [6.07, 6.45) is 7.84. The number of amides is 4. The first kappa shape index (κ1) is 61.1. The number of anilines is 5. The zero-order valence-corrected chi connectivity index (χ0v) is 49.4. The molecular formula is C59H82N12O7S2. The molecule has 80 heavy (non-hydrogen) atoms. The Morgan fingerprint density at radius 3 is 2.14 bits per heavy atom. The van der Waals surface area contributed by atoms with E-state index in [-0.39, 0.29) is 48.0 Å². The highest BCUT2D eigenvalue weighted by Gasteiger charge is 2.44. The SMILES string of the molecule is Cc1cnc(Nc2ccc(N3CCN(CC(=O)NCCCCCCCCCC(=O)NC(C(=O)N4C[C@H](O)C[C@H]4C(=O)NCc4ccc(-c5scnc5C)cc4)C(C)(C)C)CC3)cc2)nc1Nc1cccc(S(=O)(=O)NC(C)(C)C)c1. The lowest BCUT2D eigenvalue weighted by Gasteiger charge is -2.35. The van der Waals surface area contributed by atoms with Crippen LogP contribution in [0.1, 0.15) is 116 Å². The first-order valence-electron chi connectivity index (χ1n) is 27.9. The van der Waals surface area contributed by atoms with E-state index in [1.807, 2.05) is 76.5 Å². The third kappa shape index (κ3) is 18.0. The second-order valence-electron chi connectivity index (χ2n) is 23.2. The molecule has 4 heterocycles. The van der Waals surface area contributed by atoms with Crippen LogP contribution in [-0.2, 0) is 35.7 Å². The zero-order valence-electron chi connectivity index (χ0n) is 47.7. The number of benzene rings is 3. The molecule has 0 saturated carbocycles. The zero-order chi connectivity index (χ0) is 57.6. The summed E-state index contributed by atoms with van der Waals surface area (Å²) >= 11 is 1.58. The fourth-order valence-electron chi connectivity index (χ4n) is 9.81. The predicted octanol–water partition coefficient (Wildman–Crippen LogP) is 7.95. The number of hydrogen-bond donors (Lipinski definition) is 7. The van der Waals surface area contributed by atoms with Gasteiger partial charge in [0.1, 0.15) is 17.9 Å². The second kappa shape index (κ2) is 27.8. The molecule has 0 bridgehead atoms. The summed E-state index contributed by atoms with van der Waals surface area (Å²) in [5.74, 6) is 0.0642. The lowest BCUT2D eigenvalue weighted by Crippen LogP contribution is -2.57. The highest BCUT2D eigenvalue weighted by Crippen LogP contribution is 2.30. The van der Waals surface area contributed by atoms with E-state index >= 15 is 0 Å². The quantitative estimate of drug-likeness (QED) is 0.0275. The maximum Gasteiger partial charge on any atom is 0.246 e. The van der Waals surface area contributed by atoms with Gasteiger partial charge in [-0.2, -0.15) is 4.98 Å². The summed E-state index contributed by atoms with van der Waals surface area (Å²) in [5, 5.41) is 26.1. The van der Waals surface area contributed by atoms with Gasteiger partial charge in [-0.05, 0) is 106 Å². The number of nitrogens with one attached hydrogen (secondary N) is 6. The first-order chi connectivity index (χ1) is 38.0. The van der Waals surface area contributed by atoms with Crippen LogP contribution in [0.2, 0.25) is 0 Å². The van der Waals surface area contributed by atoms with Gasteiger partial charge in [0, 0.05) is 93.0 Å². The van der Waals surface area contributed by atoms with Crippen LogP contribution in [0.25, 0.3) is 10.4 Å². The number of β-amino-alcohol motifs (C(OH)–C–C–N with tert-alkyl or cyclic N) is 1. The molecule has 2 saturated heterocycles. The van der Waals surface area contributed by atoms with Crippen molar-refractivity contribution in [3.63, 3.8) is 0 Å². The molecule has 0 spiro atoms. The number of aliphatic hydroxyl groups is 1. The van der Waals surface area contributed by atoms with Gasteiger partial charge in [0.2, 0.25) is 39.6 Å². The monoisotopic (exact) mass is 1130 g/mol. The predicted molar refractivity (Wildman–Crippen MR) is 317 cm³/mol. The summed E-state index contributed by atoms with van der Waals surface area (Å²) in [6, 6.07) is 20.9. The molecule has 19 nitrogen and oxygen atoms in total. The molecule has 3 aromatic carbocycles. The maximum atomic E-state index is 14.0. The molecule has 0 aliphatic carbocycles. The summed E-state index contributed by atoms with van der Waals surface area (Å²) in [7, 11) is -3.71. The molecule has 2 aromatic heterocycles.